The van der Waals surface area contributed by atoms with Gasteiger partial charge in [0.25, 0.3) is 0 Å². The fourth-order valence-corrected chi connectivity index (χ4v) is 3.39. The highest BCUT2D eigenvalue weighted by Gasteiger charge is 2.36. The molecule has 0 aliphatic heterocycles. The maximum atomic E-state index is 13.8. The molecule has 0 fully saturated rings. The molecule has 11 nitrogen and oxygen atoms in total. The number of rotatable bonds is 13. The van der Waals surface area contributed by atoms with Crippen molar-refractivity contribution >= 4 is 29.8 Å². The second-order valence-electron chi connectivity index (χ2n) is 9.22. The Hall–Kier alpha value is -3.63. The summed E-state index contributed by atoms with van der Waals surface area (Å²) in [5.41, 5.74) is 5.01. The summed E-state index contributed by atoms with van der Waals surface area (Å²) in [6.45, 7) is 6.73. The van der Waals surface area contributed by atoms with E-state index in [1.165, 1.54) is 12.0 Å². The molecule has 2 atom stereocenters. The summed E-state index contributed by atoms with van der Waals surface area (Å²) in [7, 11) is 1.19. The van der Waals surface area contributed by atoms with Crippen molar-refractivity contribution in [1.29, 1.82) is 0 Å². The molecule has 0 aliphatic carbocycles. The van der Waals surface area contributed by atoms with Gasteiger partial charge in [-0.25, -0.2) is 4.79 Å². The number of alkyl carbamates (subject to hydrolysis) is 1. The topological polar surface area (TPSA) is 157 Å². The van der Waals surface area contributed by atoms with Crippen LogP contribution in [-0.2, 0) is 28.7 Å². The number of amides is 4. The Labute approximate surface area is 212 Å². The van der Waals surface area contributed by atoms with E-state index >= 15 is 0 Å². The van der Waals surface area contributed by atoms with Crippen LogP contribution in [0.3, 0.4) is 0 Å². The van der Waals surface area contributed by atoms with Gasteiger partial charge in [-0.3, -0.25) is 19.2 Å². The van der Waals surface area contributed by atoms with Crippen LogP contribution >= 0.6 is 0 Å². The summed E-state index contributed by atoms with van der Waals surface area (Å²) < 4.78 is 9.84. The van der Waals surface area contributed by atoms with Crippen molar-refractivity contribution in [3.63, 3.8) is 0 Å². The summed E-state index contributed by atoms with van der Waals surface area (Å²) in [4.78, 5) is 64.2. The third-order valence-electron chi connectivity index (χ3n) is 4.99. The molecule has 4 amide bonds. The van der Waals surface area contributed by atoms with E-state index in [4.69, 9.17) is 10.5 Å². The fourth-order valence-electron chi connectivity index (χ4n) is 3.39. The monoisotopic (exact) mass is 506 g/mol. The lowest BCUT2D eigenvalue weighted by Gasteiger charge is -2.34. The number of primary amides is 1. The summed E-state index contributed by atoms with van der Waals surface area (Å²) in [6, 6.07) is 6.03. The second kappa shape index (κ2) is 14.7. The van der Waals surface area contributed by atoms with E-state index in [2.05, 4.69) is 15.4 Å². The summed E-state index contributed by atoms with van der Waals surface area (Å²) >= 11 is 0. The SMILES string of the molecule is CCCCCN(C(=O)C(CC(N)=O)NC(=O)OC(C)(C)C)C(C(=O)NCC(=O)OC)c1ccccc1. The maximum absolute atomic E-state index is 13.8. The van der Waals surface area contributed by atoms with Gasteiger partial charge in [0.15, 0.2) is 0 Å². The second-order valence-corrected chi connectivity index (χ2v) is 9.22. The third kappa shape index (κ3) is 10.7. The molecule has 1 aromatic rings. The molecule has 36 heavy (non-hydrogen) atoms. The number of carbonyl (C=O) groups excluding carboxylic acids is 5. The molecule has 11 heteroatoms. The number of ether oxygens (including phenoxy) is 2. The molecule has 0 saturated carbocycles. The van der Waals surface area contributed by atoms with Gasteiger partial charge in [0, 0.05) is 6.54 Å². The first kappa shape index (κ1) is 30.4. The predicted molar refractivity (Wildman–Crippen MR) is 132 cm³/mol. The van der Waals surface area contributed by atoms with Crippen LogP contribution in [0.1, 0.15) is 65.0 Å². The van der Waals surface area contributed by atoms with Gasteiger partial charge in [-0.15, -0.1) is 0 Å². The van der Waals surface area contributed by atoms with Crippen molar-refractivity contribution in [3.05, 3.63) is 35.9 Å². The van der Waals surface area contributed by atoms with Crippen molar-refractivity contribution in [3.8, 4) is 0 Å². The number of hydrogen-bond donors (Lipinski definition) is 3. The molecule has 0 aliphatic rings. The van der Waals surface area contributed by atoms with Crippen molar-refractivity contribution < 1.29 is 33.4 Å². The lowest BCUT2D eigenvalue weighted by atomic mass is 10.0. The first-order chi connectivity index (χ1) is 16.9. The highest BCUT2D eigenvalue weighted by molar-refractivity contribution is 5.95. The standard InChI is InChI=1S/C25H38N4O7/c1-6-7-11-14-29(23(33)18(15-19(26)30)28-24(34)36-25(2,3)4)21(17-12-9-8-10-13-17)22(32)27-16-20(31)35-5/h8-10,12-13,18,21H,6-7,11,14-16H2,1-5H3,(H2,26,30)(H,27,32)(H,28,34). The zero-order valence-corrected chi connectivity index (χ0v) is 21.7. The largest absolute Gasteiger partial charge is 0.468 e. The normalized spacial score (nSPS) is 12.6. The molecule has 4 N–H and O–H groups in total. The van der Waals surface area contributed by atoms with Crippen LogP contribution in [0.2, 0.25) is 0 Å². The molecular weight excluding hydrogens is 468 g/mol. The van der Waals surface area contributed by atoms with Crippen molar-refractivity contribution in [2.24, 2.45) is 5.73 Å². The zero-order valence-electron chi connectivity index (χ0n) is 21.7. The van der Waals surface area contributed by atoms with Gasteiger partial charge in [0.2, 0.25) is 17.7 Å². The van der Waals surface area contributed by atoms with Crippen LogP contribution in [0.25, 0.3) is 0 Å². The molecular formula is C25H38N4O7. The predicted octanol–water partition coefficient (Wildman–Crippen LogP) is 1.80. The number of unbranched alkanes of at least 4 members (excludes halogenated alkanes) is 2. The van der Waals surface area contributed by atoms with Gasteiger partial charge in [-0.1, -0.05) is 50.1 Å². The maximum Gasteiger partial charge on any atom is 0.408 e. The van der Waals surface area contributed by atoms with Crippen molar-refractivity contribution in [1.82, 2.24) is 15.5 Å². The van der Waals surface area contributed by atoms with Crippen LogP contribution < -0.4 is 16.4 Å². The molecule has 1 aromatic carbocycles. The van der Waals surface area contributed by atoms with Crippen molar-refractivity contribution in [2.45, 2.75) is 71.1 Å². The lowest BCUT2D eigenvalue weighted by Crippen LogP contribution is -2.54. The summed E-state index contributed by atoms with van der Waals surface area (Å²) in [6.07, 6.45) is 0.795. The molecule has 0 spiro atoms. The lowest BCUT2D eigenvalue weighted by molar-refractivity contribution is -0.145. The number of benzene rings is 1. The Kier molecular flexibility index (Phi) is 12.4. The Morgan fingerprint density at radius 1 is 1.06 bits per heavy atom. The Balaban J connectivity index is 3.41. The molecule has 2 unspecified atom stereocenters. The summed E-state index contributed by atoms with van der Waals surface area (Å²) in [5.74, 6) is -2.77. The highest BCUT2D eigenvalue weighted by Crippen LogP contribution is 2.24. The Bertz CT molecular complexity index is 899. The minimum Gasteiger partial charge on any atom is -0.468 e. The average molecular weight is 507 g/mol. The van der Waals surface area contributed by atoms with Gasteiger partial charge < -0.3 is 30.7 Å². The number of methoxy groups -OCH3 is 1. The molecule has 0 bridgehead atoms. The smallest absolute Gasteiger partial charge is 0.408 e. The van der Waals surface area contributed by atoms with E-state index in [-0.39, 0.29) is 6.54 Å². The first-order valence-electron chi connectivity index (χ1n) is 11.9. The highest BCUT2D eigenvalue weighted by atomic mass is 16.6. The summed E-state index contributed by atoms with van der Waals surface area (Å²) in [5, 5.41) is 4.92. The van der Waals surface area contributed by atoms with E-state index in [1.54, 1.807) is 51.1 Å². The van der Waals surface area contributed by atoms with E-state index in [0.717, 1.165) is 12.8 Å². The minimum absolute atomic E-state index is 0.156. The van der Waals surface area contributed by atoms with E-state index in [9.17, 15) is 24.0 Å². The number of esters is 1. The quantitative estimate of drug-likeness (QED) is 0.272. The average Bonchev–Trinajstić information content (AvgIpc) is 2.80. The number of nitrogens with one attached hydrogen (secondary N) is 2. The van der Waals surface area contributed by atoms with Crippen LogP contribution in [-0.4, -0.2) is 66.5 Å². The fraction of sp³-hybridized carbons (Fsp3) is 0.560. The number of nitrogens with zero attached hydrogens (tertiary/aromatic N) is 1. The van der Waals surface area contributed by atoms with Crippen LogP contribution in [0.15, 0.2) is 30.3 Å². The number of hydrogen-bond acceptors (Lipinski definition) is 7. The third-order valence-corrected chi connectivity index (χ3v) is 4.99. The molecule has 0 aromatic heterocycles. The molecule has 1 rings (SSSR count). The minimum atomic E-state index is -1.36. The van der Waals surface area contributed by atoms with E-state index in [1.807, 2.05) is 6.92 Å². The van der Waals surface area contributed by atoms with E-state index in [0.29, 0.717) is 12.0 Å². The van der Waals surface area contributed by atoms with E-state index < -0.39 is 60.4 Å². The van der Waals surface area contributed by atoms with Crippen LogP contribution in [0.5, 0.6) is 0 Å². The van der Waals surface area contributed by atoms with Crippen LogP contribution in [0, 0.1) is 0 Å². The van der Waals surface area contributed by atoms with Crippen LogP contribution in [0.4, 0.5) is 4.79 Å². The number of nitrogens with two attached hydrogens (primary N) is 1. The first-order valence-corrected chi connectivity index (χ1v) is 11.9. The van der Waals surface area contributed by atoms with Crippen molar-refractivity contribution in [2.75, 3.05) is 20.2 Å². The van der Waals surface area contributed by atoms with Gasteiger partial charge in [-0.2, -0.15) is 0 Å². The van der Waals surface area contributed by atoms with Gasteiger partial charge >= 0.3 is 12.1 Å². The Morgan fingerprint density at radius 2 is 1.69 bits per heavy atom. The molecule has 0 radical (unpaired) electrons. The molecule has 200 valence electrons. The Morgan fingerprint density at radius 3 is 2.22 bits per heavy atom. The molecule has 0 saturated heterocycles. The number of carbonyl (C=O) groups is 5. The van der Waals surface area contributed by atoms with Gasteiger partial charge in [-0.05, 0) is 32.8 Å². The zero-order chi connectivity index (χ0) is 27.3. The molecule has 0 heterocycles. The van der Waals surface area contributed by atoms with Gasteiger partial charge in [0.05, 0.1) is 13.5 Å². The van der Waals surface area contributed by atoms with Gasteiger partial charge in [0.1, 0.15) is 24.2 Å².